The van der Waals surface area contributed by atoms with E-state index >= 15 is 0 Å². The van der Waals surface area contributed by atoms with Crippen LogP contribution in [0.2, 0.25) is 0 Å². The lowest BCUT2D eigenvalue weighted by Crippen LogP contribution is -2.39. The van der Waals surface area contributed by atoms with Gasteiger partial charge in [-0.2, -0.15) is 5.10 Å². The molecular weight excluding hydrogens is 447 g/mol. The third-order valence-electron chi connectivity index (χ3n) is 6.09. The molecule has 1 unspecified atom stereocenters. The molecule has 0 saturated heterocycles. The van der Waals surface area contributed by atoms with E-state index in [1.807, 2.05) is 6.92 Å². The third-order valence-corrected chi connectivity index (χ3v) is 6.09. The van der Waals surface area contributed by atoms with Crippen molar-refractivity contribution in [3.63, 3.8) is 0 Å². The second-order valence-corrected chi connectivity index (χ2v) is 9.34. The Balaban J connectivity index is 1.63. The second-order valence-electron chi connectivity index (χ2n) is 9.34. The van der Waals surface area contributed by atoms with Gasteiger partial charge in [-0.25, -0.2) is 14.4 Å². The maximum Gasteiger partial charge on any atom is 0.270 e. The van der Waals surface area contributed by atoms with E-state index in [1.54, 1.807) is 81.4 Å². The third kappa shape index (κ3) is 5.46. The molecule has 4 aromatic rings. The van der Waals surface area contributed by atoms with E-state index in [-0.39, 0.29) is 17.6 Å². The van der Waals surface area contributed by atoms with E-state index in [4.69, 9.17) is 0 Å². The zero-order valence-electron chi connectivity index (χ0n) is 20.4. The van der Waals surface area contributed by atoms with E-state index in [9.17, 15) is 14.3 Å². The van der Waals surface area contributed by atoms with Crippen molar-refractivity contribution >= 4 is 22.6 Å². The van der Waals surface area contributed by atoms with Gasteiger partial charge in [0.1, 0.15) is 17.3 Å². The molecule has 9 heteroatoms. The van der Waals surface area contributed by atoms with Gasteiger partial charge in [-0.05, 0) is 57.0 Å². The van der Waals surface area contributed by atoms with Gasteiger partial charge in [-0.1, -0.05) is 12.1 Å². The van der Waals surface area contributed by atoms with Gasteiger partial charge in [0.05, 0.1) is 29.4 Å². The minimum Gasteiger partial charge on any atom is -0.388 e. The number of hydrogen-bond donors (Lipinski definition) is 3. The molecule has 0 saturated carbocycles. The molecule has 4 rings (SSSR count). The SMILES string of the molecule is Cc1ccc(C(NC(=O)c2ccc3cnc(N[C@@H](C)C(C)(C)O)cc3n2)c2cnn(C)c2)cc1F. The number of carbonyl (C=O) groups is 1. The van der Waals surface area contributed by atoms with Gasteiger partial charge in [0.15, 0.2) is 0 Å². The number of anilines is 1. The molecule has 2 atom stereocenters. The van der Waals surface area contributed by atoms with Crippen molar-refractivity contribution in [2.45, 2.75) is 45.4 Å². The summed E-state index contributed by atoms with van der Waals surface area (Å²) in [5, 5.41) is 21.3. The zero-order chi connectivity index (χ0) is 25.3. The highest BCUT2D eigenvalue weighted by atomic mass is 19.1. The minimum atomic E-state index is -0.942. The van der Waals surface area contributed by atoms with Crippen molar-refractivity contribution in [2.24, 2.45) is 7.05 Å². The lowest BCUT2D eigenvalue weighted by molar-refractivity contribution is 0.0648. The van der Waals surface area contributed by atoms with Crippen LogP contribution in [-0.4, -0.2) is 42.4 Å². The van der Waals surface area contributed by atoms with Crippen LogP contribution in [-0.2, 0) is 7.05 Å². The average molecular weight is 477 g/mol. The Kier molecular flexibility index (Phi) is 6.53. The number of aromatic nitrogens is 4. The summed E-state index contributed by atoms with van der Waals surface area (Å²) in [7, 11) is 1.78. The number of rotatable bonds is 7. The van der Waals surface area contributed by atoms with Gasteiger partial charge in [-0.15, -0.1) is 0 Å². The number of amides is 1. The normalized spacial score (nSPS) is 13.5. The highest BCUT2D eigenvalue weighted by molar-refractivity contribution is 5.95. The van der Waals surface area contributed by atoms with Crippen LogP contribution in [0.3, 0.4) is 0 Å². The quantitative estimate of drug-likeness (QED) is 0.374. The number of aliphatic hydroxyl groups is 1. The smallest absolute Gasteiger partial charge is 0.270 e. The van der Waals surface area contributed by atoms with Gasteiger partial charge < -0.3 is 15.7 Å². The summed E-state index contributed by atoms with van der Waals surface area (Å²) in [5.74, 6) is -0.208. The Bertz CT molecular complexity index is 1380. The van der Waals surface area contributed by atoms with Crippen LogP contribution in [0, 0.1) is 12.7 Å². The van der Waals surface area contributed by atoms with Crippen molar-refractivity contribution < 1.29 is 14.3 Å². The van der Waals surface area contributed by atoms with Crippen LogP contribution in [0.4, 0.5) is 10.2 Å². The standard InChI is InChI=1S/C26H29FN6O2/c1-15-6-7-17(10-20(15)27)24(19-13-29-33(5)14-19)32-25(34)21-9-8-18-12-28-23(11-22(18)31-21)30-16(2)26(3,4)35/h6-14,16,24,35H,1-5H3,(H,28,30)(H,32,34)/t16-,24?/m0/s1. The number of aryl methyl sites for hydroxylation is 2. The predicted octanol–water partition coefficient (Wildman–Crippen LogP) is 3.90. The van der Waals surface area contributed by atoms with Crippen LogP contribution < -0.4 is 10.6 Å². The summed E-state index contributed by atoms with van der Waals surface area (Å²) in [6.07, 6.45) is 5.09. The van der Waals surface area contributed by atoms with Crippen molar-refractivity contribution in [1.82, 2.24) is 25.1 Å². The second kappa shape index (κ2) is 9.42. The fraction of sp³-hybridized carbons (Fsp3) is 0.308. The first-order chi connectivity index (χ1) is 16.5. The topological polar surface area (TPSA) is 105 Å². The molecule has 3 heterocycles. The number of halogens is 1. The van der Waals surface area contributed by atoms with E-state index in [1.165, 1.54) is 6.07 Å². The summed E-state index contributed by atoms with van der Waals surface area (Å²) >= 11 is 0. The molecule has 0 aliphatic rings. The highest BCUT2D eigenvalue weighted by Gasteiger charge is 2.23. The molecule has 0 spiro atoms. The fourth-order valence-electron chi connectivity index (χ4n) is 3.56. The Labute approximate surface area is 203 Å². The Morgan fingerprint density at radius 3 is 2.57 bits per heavy atom. The average Bonchev–Trinajstić information content (AvgIpc) is 3.24. The predicted molar refractivity (Wildman–Crippen MR) is 133 cm³/mol. The summed E-state index contributed by atoms with van der Waals surface area (Å²) < 4.78 is 16.0. The number of hydrogen-bond acceptors (Lipinski definition) is 6. The number of benzene rings is 1. The van der Waals surface area contributed by atoms with Gasteiger partial charge in [0, 0.05) is 36.5 Å². The van der Waals surface area contributed by atoms with Crippen LogP contribution in [0.1, 0.15) is 54.0 Å². The van der Waals surface area contributed by atoms with Gasteiger partial charge in [-0.3, -0.25) is 9.48 Å². The molecule has 0 radical (unpaired) electrons. The molecule has 35 heavy (non-hydrogen) atoms. The van der Waals surface area contributed by atoms with Crippen LogP contribution in [0.15, 0.2) is 55.0 Å². The Hall–Kier alpha value is -3.85. The lowest BCUT2D eigenvalue weighted by Gasteiger charge is -2.27. The maximum absolute atomic E-state index is 14.3. The highest BCUT2D eigenvalue weighted by Crippen LogP contribution is 2.25. The molecule has 3 N–H and O–H groups in total. The fourth-order valence-corrected chi connectivity index (χ4v) is 3.56. The summed E-state index contributed by atoms with van der Waals surface area (Å²) in [4.78, 5) is 22.1. The van der Waals surface area contributed by atoms with E-state index in [0.717, 1.165) is 10.9 Å². The summed E-state index contributed by atoms with van der Waals surface area (Å²) in [5.41, 5.74) is 1.71. The molecule has 182 valence electrons. The molecule has 0 aliphatic heterocycles. The molecule has 0 fully saturated rings. The lowest BCUT2D eigenvalue weighted by atomic mass is 9.99. The Morgan fingerprint density at radius 2 is 1.91 bits per heavy atom. The van der Waals surface area contributed by atoms with E-state index in [2.05, 4.69) is 25.7 Å². The van der Waals surface area contributed by atoms with Gasteiger partial charge in [0.25, 0.3) is 5.91 Å². The molecule has 8 nitrogen and oxygen atoms in total. The molecule has 0 aliphatic carbocycles. The van der Waals surface area contributed by atoms with Crippen LogP contribution in [0.5, 0.6) is 0 Å². The van der Waals surface area contributed by atoms with Crippen LogP contribution >= 0.6 is 0 Å². The van der Waals surface area contributed by atoms with Crippen molar-refractivity contribution in [3.05, 3.63) is 83.2 Å². The molecule has 1 aromatic carbocycles. The molecule has 3 aromatic heterocycles. The Morgan fingerprint density at radius 1 is 1.14 bits per heavy atom. The van der Waals surface area contributed by atoms with Gasteiger partial charge >= 0.3 is 0 Å². The number of nitrogens with one attached hydrogen (secondary N) is 2. The molecular formula is C26H29FN6O2. The minimum absolute atomic E-state index is 0.215. The number of fused-ring (bicyclic) bond motifs is 1. The van der Waals surface area contributed by atoms with Crippen LogP contribution in [0.25, 0.3) is 10.9 Å². The van der Waals surface area contributed by atoms with Gasteiger partial charge in [0.2, 0.25) is 0 Å². The summed E-state index contributed by atoms with van der Waals surface area (Å²) in [6, 6.07) is 9.18. The van der Waals surface area contributed by atoms with E-state index in [0.29, 0.717) is 22.5 Å². The number of carbonyl (C=O) groups excluding carboxylic acids is 1. The van der Waals surface area contributed by atoms with E-state index < -0.39 is 17.6 Å². The first-order valence-corrected chi connectivity index (χ1v) is 11.3. The number of pyridine rings is 2. The largest absolute Gasteiger partial charge is 0.388 e. The maximum atomic E-state index is 14.3. The molecule has 1 amide bonds. The number of nitrogens with zero attached hydrogens (tertiary/aromatic N) is 4. The first-order valence-electron chi connectivity index (χ1n) is 11.3. The first kappa shape index (κ1) is 24.3. The zero-order valence-corrected chi connectivity index (χ0v) is 20.4. The van der Waals surface area contributed by atoms with Crippen molar-refractivity contribution in [1.29, 1.82) is 0 Å². The molecule has 0 bridgehead atoms. The van der Waals surface area contributed by atoms with Crippen molar-refractivity contribution in [3.8, 4) is 0 Å². The monoisotopic (exact) mass is 476 g/mol. The summed E-state index contributed by atoms with van der Waals surface area (Å²) in [6.45, 7) is 6.97. The van der Waals surface area contributed by atoms with Crippen molar-refractivity contribution in [2.75, 3.05) is 5.32 Å².